The van der Waals surface area contributed by atoms with Crippen LogP contribution in [0.15, 0.2) is 10.5 Å². The summed E-state index contributed by atoms with van der Waals surface area (Å²) in [5, 5.41) is 8.87. The van der Waals surface area contributed by atoms with E-state index in [1.54, 1.807) is 19.9 Å². The summed E-state index contributed by atoms with van der Waals surface area (Å²) in [6.07, 6.45) is 0.692. The Bertz CT molecular complexity index is 450. The SMILES string of the molecule is CCC(C)N(CC(=O)O)C(=O)c1oc(C)cc1C. The number of amides is 1. The van der Waals surface area contributed by atoms with E-state index in [9.17, 15) is 9.59 Å². The highest BCUT2D eigenvalue weighted by molar-refractivity contribution is 5.94. The summed E-state index contributed by atoms with van der Waals surface area (Å²) < 4.78 is 5.35. The lowest BCUT2D eigenvalue weighted by Crippen LogP contribution is -2.41. The standard InChI is InChI=1S/C13H19NO4/c1-5-9(3)14(7-11(15)16)13(17)12-8(2)6-10(4)18-12/h6,9H,5,7H2,1-4H3,(H,15,16). The van der Waals surface area contributed by atoms with E-state index in [1.807, 2.05) is 13.8 Å². The molecule has 1 amide bonds. The number of rotatable bonds is 5. The van der Waals surface area contributed by atoms with Crippen molar-refractivity contribution < 1.29 is 19.1 Å². The molecule has 0 aromatic carbocycles. The molecule has 1 N–H and O–H groups in total. The first-order chi connectivity index (χ1) is 8.36. The quantitative estimate of drug-likeness (QED) is 0.873. The summed E-state index contributed by atoms with van der Waals surface area (Å²) in [5.41, 5.74) is 0.733. The first-order valence-corrected chi connectivity index (χ1v) is 5.96. The first kappa shape index (κ1) is 14.3. The zero-order valence-corrected chi connectivity index (χ0v) is 11.2. The van der Waals surface area contributed by atoms with Gasteiger partial charge >= 0.3 is 5.97 Å². The Morgan fingerprint density at radius 3 is 2.44 bits per heavy atom. The highest BCUT2D eigenvalue weighted by Crippen LogP contribution is 2.18. The Hall–Kier alpha value is -1.78. The molecule has 0 aliphatic rings. The molecule has 18 heavy (non-hydrogen) atoms. The molecule has 0 aliphatic heterocycles. The Kier molecular flexibility index (Phi) is 4.53. The largest absolute Gasteiger partial charge is 0.480 e. The van der Waals surface area contributed by atoms with E-state index in [0.29, 0.717) is 12.2 Å². The molecular formula is C13H19NO4. The van der Waals surface area contributed by atoms with Crippen LogP contribution in [0.3, 0.4) is 0 Å². The lowest BCUT2D eigenvalue weighted by Gasteiger charge is -2.26. The van der Waals surface area contributed by atoms with Crippen molar-refractivity contribution in [1.29, 1.82) is 0 Å². The summed E-state index contributed by atoms with van der Waals surface area (Å²) >= 11 is 0. The van der Waals surface area contributed by atoms with Crippen LogP contribution in [0.2, 0.25) is 0 Å². The summed E-state index contributed by atoms with van der Waals surface area (Å²) in [5.74, 6) is -0.508. The average molecular weight is 253 g/mol. The fraction of sp³-hybridized carbons (Fsp3) is 0.538. The molecular weight excluding hydrogens is 234 g/mol. The van der Waals surface area contributed by atoms with Gasteiger partial charge in [0.15, 0.2) is 5.76 Å². The maximum absolute atomic E-state index is 12.3. The molecule has 1 rings (SSSR count). The number of carboxylic acids is 1. The van der Waals surface area contributed by atoms with Gasteiger partial charge in [-0.2, -0.15) is 0 Å². The van der Waals surface area contributed by atoms with Crippen LogP contribution in [0.5, 0.6) is 0 Å². The van der Waals surface area contributed by atoms with Crippen LogP contribution in [0, 0.1) is 13.8 Å². The fourth-order valence-corrected chi connectivity index (χ4v) is 1.78. The van der Waals surface area contributed by atoms with Crippen LogP contribution in [-0.2, 0) is 4.79 Å². The van der Waals surface area contributed by atoms with E-state index in [1.165, 1.54) is 4.90 Å². The third-order valence-electron chi connectivity index (χ3n) is 2.92. The highest BCUT2D eigenvalue weighted by atomic mass is 16.4. The van der Waals surface area contributed by atoms with Crippen molar-refractivity contribution in [1.82, 2.24) is 4.90 Å². The summed E-state index contributed by atoms with van der Waals surface area (Å²) in [6.45, 7) is 6.96. The third kappa shape index (κ3) is 3.12. The predicted octanol–water partition coefficient (Wildman–Crippen LogP) is 2.22. The second-order valence-electron chi connectivity index (χ2n) is 4.45. The van der Waals surface area contributed by atoms with Crippen LogP contribution >= 0.6 is 0 Å². The summed E-state index contributed by atoms with van der Waals surface area (Å²) in [4.78, 5) is 24.4. The lowest BCUT2D eigenvalue weighted by molar-refractivity contribution is -0.138. The maximum Gasteiger partial charge on any atom is 0.323 e. The fourth-order valence-electron chi connectivity index (χ4n) is 1.78. The van der Waals surface area contributed by atoms with Crippen LogP contribution in [0.4, 0.5) is 0 Å². The topological polar surface area (TPSA) is 70.8 Å². The smallest absolute Gasteiger partial charge is 0.323 e. The molecule has 1 atom stereocenters. The number of carbonyl (C=O) groups is 2. The summed E-state index contributed by atoms with van der Waals surface area (Å²) in [7, 11) is 0. The number of aryl methyl sites for hydroxylation is 2. The van der Waals surface area contributed by atoms with Crippen molar-refractivity contribution in [3.63, 3.8) is 0 Å². The molecule has 1 unspecified atom stereocenters. The third-order valence-corrected chi connectivity index (χ3v) is 2.92. The second-order valence-corrected chi connectivity index (χ2v) is 4.45. The average Bonchev–Trinajstić information content (AvgIpc) is 2.63. The number of carboxylic acid groups (broad SMARTS) is 1. The van der Waals surface area contributed by atoms with Gasteiger partial charge < -0.3 is 14.4 Å². The van der Waals surface area contributed by atoms with Crippen molar-refractivity contribution >= 4 is 11.9 Å². The van der Waals surface area contributed by atoms with Crippen molar-refractivity contribution in [2.75, 3.05) is 6.54 Å². The molecule has 5 nitrogen and oxygen atoms in total. The van der Waals surface area contributed by atoms with Gasteiger partial charge in [-0.1, -0.05) is 6.92 Å². The molecule has 100 valence electrons. The van der Waals surface area contributed by atoms with E-state index in [4.69, 9.17) is 9.52 Å². The van der Waals surface area contributed by atoms with E-state index >= 15 is 0 Å². The monoisotopic (exact) mass is 253 g/mol. The Morgan fingerprint density at radius 2 is 2.06 bits per heavy atom. The van der Waals surface area contributed by atoms with Gasteiger partial charge in [0.25, 0.3) is 5.91 Å². The van der Waals surface area contributed by atoms with Gasteiger partial charge in [0.05, 0.1) is 0 Å². The number of furan rings is 1. The van der Waals surface area contributed by atoms with Gasteiger partial charge in [-0.3, -0.25) is 9.59 Å². The van der Waals surface area contributed by atoms with Crippen LogP contribution in [0.1, 0.15) is 42.1 Å². The summed E-state index contributed by atoms with van der Waals surface area (Å²) in [6, 6.07) is 1.63. The number of nitrogens with zero attached hydrogens (tertiary/aromatic N) is 1. The first-order valence-electron chi connectivity index (χ1n) is 5.96. The molecule has 0 fully saturated rings. The lowest BCUT2D eigenvalue weighted by atomic mass is 10.2. The van der Waals surface area contributed by atoms with E-state index in [2.05, 4.69) is 0 Å². The molecule has 1 aromatic heterocycles. The van der Waals surface area contributed by atoms with Crippen LogP contribution in [0.25, 0.3) is 0 Å². The van der Waals surface area contributed by atoms with E-state index < -0.39 is 5.97 Å². The molecule has 0 saturated heterocycles. The minimum absolute atomic E-state index is 0.140. The van der Waals surface area contributed by atoms with E-state index in [0.717, 1.165) is 5.56 Å². The molecule has 1 aromatic rings. The molecule has 0 saturated carbocycles. The van der Waals surface area contributed by atoms with Crippen molar-refractivity contribution in [3.8, 4) is 0 Å². The highest BCUT2D eigenvalue weighted by Gasteiger charge is 2.26. The number of hydrogen-bond acceptors (Lipinski definition) is 3. The minimum Gasteiger partial charge on any atom is -0.480 e. The maximum atomic E-state index is 12.3. The van der Waals surface area contributed by atoms with Crippen molar-refractivity contribution in [3.05, 3.63) is 23.2 Å². The normalized spacial score (nSPS) is 12.2. The van der Waals surface area contributed by atoms with Gasteiger partial charge in [0.1, 0.15) is 12.3 Å². The minimum atomic E-state index is -1.02. The molecule has 0 spiro atoms. The number of carbonyl (C=O) groups excluding carboxylic acids is 1. The molecule has 5 heteroatoms. The Labute approximate surface area is 106 Å². The number of aliphatic carboxylic acids is 1. The van der Waals surface area contributed by atoms with Gasteiger partial charge in [-0.05, 0) is 33.3 Å². The zero-order valence-electron chi connectivity index (χ0n) is 11.2. The van der Waals surface area contributed by atoms with Crippen LogP contribution < -0.4 is 0 Å². The van der Waals surface area contributed by atoms with Crippen molar-refractivity contribution in [2.24, 2.45) is 0 Å². The molecule has 0 bridgehead atoms. The zero-order chi connectivity index (χ0) is 13.9. The molecule has 0 aliphatic carbocycles. The molecule has 0 radical (unpaired) electrons. The van der Waals surface area contributed by atoms with Crippen LogP contribution in [-0.4, -0.2) is 34.5 Å². The van der Waals surface area contributed by atoms with Crippen molar-refractivity contribution in [2.45, 2.75) is 40.2 Å². The Morgan fingerprint density at radius 1 is 1.44 bits per heavy atom. The van der Waals surface area contributed by atoms with Gasteiger partial charge in [0, 0.05) is 11.6 Å². The molecule has 1 heterocycles. The Balaban J connectivity index is 3.02. The van der Waals surface area contributed by atoms with Gasteiger partial charge in [0.2, 0.25) is 0 Å². The predicted molar refractivity (Wildman–Crippen MR) is 66.6 cm³/mol. The van der Waals surface area contributed by atoms with Gasteiger partial charge in [-0.25, -0.2) is 0 Å². The van der Waals surface area contributed by atoms with E-state index in [-0.39, 0.29) is 24.3 Å². The number of hydrogen-bond donors (Lipinski definition) is 1. The second kappa shape index (κ2) is 5.71. The van der Waals surface area contributed by atoms with Gasteiger partial charge in [-0.15, -0.1) is 0 Å².